The van der Waals surface area contributed by atoms with Crippen LogP contribution in [0.5, 0.6) is 5.75 Å². The summed E-state index contributed by atoms with van der Waals surface area (Å²) >= 11 is 0. The van der Waals surface area contributed by atoms with Crippen LogP contribution >= 0.6 is 0 Å². The van der Waals surface area contributed by atoms with E-state index in [-0.39, 0.29) is 0 Å². The van der Waals surface area contributed by atoms with Crippen LogP contribution in [0.3, 0.4) is 0 Å². The van der Waals surface area contributed by atoms with Crippen LogP contribution in [-0.2, 0) is 11.5 Å². The summed E-state index contributed by atoms with van der Waals surface area (Å²) in [4.78, 5) is 0. The maximum atomic E-state index is 11.5. The van der Waals surface area contributed by atoms with Crippen molar-refractivity contribution in [2.45, 2.75) is 25.9 Å². The van der Waals surface area contributed by atoms with Crippen molar-refractivity contribution in [1.29, 1.82) is 0 Å². The van der Waals surface area contributed by atoms with Gasteiger partial charge in [0.15, 0.2) is 0 Å². The molecule has 2 nitrogen and oxygen atoms in total. The summed E-state index contributed by atoms with van der Waals surface area (Å²) in [6.07, 6.45) is 2.21. The van der Waals surface area contributed by atoms with Crippen LogP contribution in [0.15, 0.2) is 36.9 Å². The van der Waals surface area contributed by atoms with Gasteiger partial charge in [0.05, 0.1) is 0 Å². The summed E-state index contributed by atoms with van der Waals surface area (Å²) in [6.45, 7) is 7.44. The van der Waals surface area contributed by atoms with E-state index in [2.05, 4.69) is 6.58 Å². The van der Waals surface area contributed by atoms with E-state index in [1.165, 1.54) is 0 Å². The Hall–Kier alpha value is -1.28. The van der Waals surface area contributed by atoms with Gasteiger partial charge in [-0.15, -0.1) is 0 Å². The fraction of sp³-hybridized carbons (Fsp3) is 0.385. The van der Waals surface area contributed by atoms with Crippen molar-refractivity contribution in [3.8, 4) is 5.75 Å². The number of benzene rings is 1. The SMILES string of the molecule is C=CCOc1cccc(CC(C)(C)[O])c1. The first-order valence-corrected chi connectivity index (χ1v) is 5.04. The van der Waals surface area contributed by atoms with E-state index in [9.17, 15) is 5.11 Å². The first-order chi connectivity index (χ1) is 7.01. The molecule has 0 fully saturated rings. The number of rotatable bonds is 5. The van der Waals surface area contributed by atoms with Gasteiger partial charge in [-0.25, -0.2) is 5.11 Å². The van der Waals surface area contributed by atoms with E-state index >= 15 is 0 Å². The molecule has 0 aromatic heterocycles. The number of hydrogen-bond donors (Lipinski definition) is 0. The first kappa shape index (κ1) is 11.8. The molecule has 0 heterocycles. The van der Waals surface area contributed by atoms with Crippen molar-refractivity contribution in [3.05, 3.63) is 42.5 Å². The van der Waals surface area contributed by atoms with Gasteiger partial charge in [0.2, 0.25) is 0 Å². The highest BCUT2D eigenvalue weighted by atomic mass is 16.5. The van der Waals surface area contributed by atoms with Gasteiger partial charge in [0.1, 0.15) is 18.0 Å². The highest BCUT2D eigenvalue weighted by molar-refractivity contribution is 5.29. The Morgan fingerprint density at radius 1 is 1.47 bits per heavy atom. The molecule has 2 heteroatoms. The van der Waals surface area contributed by atoms with Crippen LogP contribution in [0, 0.1) is 0 Å². The molecule has 0 aliphatic rings. The topological polar surface area (TPSA) is 29.1 Å². The minimum atomic E-state index is -0.933. The Morgan fingerprint density at radius 2 is 2.20 bits per heavy atom. The molecule has 15 heavy (non-hydrogen) atoms. The molecular weight excluding hydrogens is 188 g/mol. The molecule has 0 unspecified atom stereocenters. The molecule has 1 radical (unpaired) electrons. The highest BCUT2D eigenvalue weighted by Crippen LogP contribution is 2.18. The van der Waals surface area contributed by atoms with Gasteiger partial charge in [-0.3, -0.25) is 0 Å². The van der Waals surface area contributed by atoms with Crippen LogP contribution in [0.1, 0.15) is 19.4 Å². The van der Waals surface area contributed by atoms with Gasteiger partial charge in [-0.1, -0.05) is 24.8 Å². The normalized spacial score (nSPS) is 11.1. The minimum absolute atomic E-state index is 0.490. The highest BCUT2D eigenvalue weighted by Gasteiger charge is 2.15. The predicted molar refractivity (Wildman–Crippen MR) is 60.6 cm³/mol. The Balaban J connectivity index is 2.69. The second-order valence-electron chi connectivity index (χ2n) is 4.18. The standard InChI is InChI=1S/C13H17O2/c1-4-8-15-12-7-5-6-11(9-12)10-13(2,3)14/h4-7,9H,1,8,10H2,2-3H3. The number of hydrogen-bond acceptors (Lipinski definition) is 1. The molecule has 0 saturated heterocycles. The fourth-order valence-corrected chi connectivity index (χ4v) is 1.39. The van der Waals surface area contributed by atoms with Gasteiger partial charge < -0.3 is 4.74 Å². The van der Waals surface area contributed by atoms with Crippen LogP contribution in [0.2, 0.25) is 0 Å². The second-order valence-corrected chi connectivity index (χ2v) is 4.18. The number of ether oxygens (including phenoxy) is 1. The van der Waals surface area contributed by atoms with Gasteiger partial charge in [0, 0.05) is 6.42 Å². The quantitative estimate of drug-likeness (QED) is 0.679. The van der Waals surface area contributed by atoms with E-state index in [0.717, 1.165) is 11.3 Å². The molecule has 1 aromatic rings. The van der Waals surface area contributed by atoms with Crippen LogP contribution in [-0.4, -0.2) is 12.2 Å². The molecule has 1 aromatic carbocycles. The van der Waals surface area contributed by atoms with E-state index in [4.69, 9.17) is 4.74 Å². The van der Waals surface area contributed by atoms with E-state index in [1.54, 1.807) is 19.9 Å². The maximum Gasteiger partial charge on any atom is 0.120 e. The second kappa shape index (κ2) is 4.99. The largest absolute Gasteiger partial charge is 0.490 e. The lowest BCUT2D eigenvalue weighted by atomic mass is 9.99. The third kappa shape index (κ3) is 4.66. The summed E-state index contributed by atoms with van der Waals surface area (Å²) in [6, 6.07) is 7.63. The van der Waals surface area contributed by atoms with Crippen LogP contribution in [0.4, 0.5) is 0 Å². The van der Waals surface area contributed by atoms with Crippen LogP contribution < -0.4 is 4.74 Å². The lowest BCUT2D eigenvalue weighted by Gasteiger charge is -2.14. The molecule has 1 rings (SSSR count). The van der Waals surface area contributed by atoms with Crippen molar-refractivity contribution in [3.63, 3.8) is 0 Å². The van der Waals surface area contributed by atoms with Gasteiger partial charge >= 0.3 is 0 Å². The average molecular weight is 205 g/mol. The van der Waals surface area contributed by atoms with Crippen LogP contribution in [0.25, 0.3) is 0 Å². The molecule has 81 valence electrons. The molecule has 0 aliphatic carbocycles. The maximum absolute atomic E-state index is 11.5. The Morgan fingerprint density at radius 3 is 2.80 bits per heavy atom. The summed E-state index contributed by atoms with van der Waals surface area (Å²) < 4.78 is 5.39. The molecular formula is C13H17O2. The summed E-state index contributed by atoms with van der Waals surface area (Å²) in [5.41, 5.74) is 0.0772. The van der Waals surface area contributed by atoms with Gasteiger partial charge in [0.25, 0.3) is 0 Å². The monoisotopic (exact) mass is 205 g/mol. The summed E-state index contributed by atoms with van der Waals surface area (Å²) in [5, 5.41) is 11.5. The smallest absolute Gasteiger partial charge is 0.120 e. The summed E-state index contributed by atoms with van der Waals surface area (Å²) in [5.74, 6) is 0.789. The third-order valence-corrected chi connectivity index (χ3v) is 1.90. The molecule has 0 amide bonds. The van der Waals surface area contributed by atoms with Crippen molar-refractivity contribution in [2.75, 3.05) is 6.61 Å². The van der Waals surface area contributed by atoms with Crippen molar-refractivity contribution in [1.82, 2.24) is 0 Å². The Kier molecular flexibility index (Phi) is 3.92. The zero-order valence-corrected chi connectivity index (χ0v) is 9.32. The average Bonchev–Trinajstić information content (AvgIpc) is 2.12. The van der Waals surface area contributed by atoms with Gasteiger partial charge in [-0.2, -0.15) is 0 Å². The lowest BCUT2D eigenvalue weighted by Crippen LogP contribution is -2.19. The molecule has 0 aliphatic heterocycles. The molecule has 0 saturated carbocycles. The molecule has 0 atom stereocenters. The zero-order valence-electron chi connectivity index (χ0n) is 9.32. The Bertz CT molecular complexity index is 324. The van der Waals surface area contributed by atoms with E-state index in [0.29, 0.717) is 13.0 Å². The molecule has 0 spiro atoms. The first-order valence-electron chi connectivity index (χ1n) is 5.04. The van der Waals surface area contributed by atoms with Gasteiger partial charge in [-0.05, 0) is 31.5 Å². The predicted octanol–water partition coefficient (Wildman–Crippen LogP) is 3.00. The Labute approximate surface area is 91.2 Å². The summed E-state index contributed by atoms with van der Waals surface area (Å²) in [7, 11) is 0. The fourth-order valence-electron chi connectivity index (χ4n) is 1.39. The molecule has 0 N–H and O–H groups in total. The van der Waals surface area contributed by atoms with Crippen molar-refractivity contribution in [2.24, 2.45) is 0 Å². The van der Waals surface area contributed by atoms with E-state index < -0.39 is 5.60 Å². The van der Waals surface area contributed by atoms with E-state index in [1.807, 2.05) is 24.3 Å². The van der Waals surface area contributed by atoms with Crippen molar-refractivity contribution < 1.29 is 9.84 Å². The van der Waals surface area contributed by atoms with Crippen molar-refractivity contribution >= 4 is 0 Å². The minimum Gasteiger partial charge on any atom is -0.490 e. The lowest BCUT2D eigenvalue weighted by molar-refractivity contribution is 0.00476. The zero-order chi connectivity index (χ0) is 11.3. The molecule has 0 bridgehead atoms. The third-order valence-electron chi connectivity index (χ3n) is 1.90.